The fraction of sp³-hybridized carbons (Fsp3) is 0. The molecule has 1 N–H and O–H groups in total. The molecular weight excluding hydrogens is 350 g/mol. The van der Waals surface area contributed by atoms with Crippen molar-refractivity contribution in [2.75, 3.05) is 4.72 Å². The van der Waals surface area contributed by atoms with E-state index in [-0.39, 0.29) is 25.8 Å². The van der Waals surface area contributed by atoms with Crippen LogP contribution in [0.1, 0.15) is 0 Å². The Balaban J connectivity index is 2.38. The van der Waals surface area contributed by atoms with Crippen molar-refractivity contribution in [1.82, 2.24) is 4.98 Å². The Hall–Kier alpha value is -1.08. The maximum absolute atomic E-state index is 13.3. The predicted octanol–water partition coefficient (Wildman–Crippen LogP) is 3.98. The van der Waals surface area contributed by atoms with Crippen LogP contribution in [0.15, 0.2) is 35.4 Å². The van der Waals surface area contributed by atoms with E-state index in [4.69, 9.17) is 34.8 Å². The lowest BCUT2D eigenvalue weighted by Gasteiger charge is -2.09. The monoisotopic (exact) mass is 354 g/mol. The SMILES string of the molecule is O=S(=O)(Nc1cc(Cl)c(F)c(Cl)c1)c1ccnc(Cl)c1. The lowest BCUT2D eigenvalue weighted by Crippen LogP contribution is -2.13. The van der Waals surface area contributed by atoms with Crippen molar-refractivity contribution in [1.29, 1.82) is 0 Å². The Kier molecular flexibility index (Phi) is 4.39. The van der Waals surface area contributed by atoms with E-state index in [1.807, 2.05) is 0 Å². The van der Waals surface area contributed by atoms with Crippen LogP contribution in [0.4, 0.5) is 10.1 Å². The van der Waals surface area contributed by atoms with Crippen molar-refractivity contribution in [2.45, 2.75) is 4.90 Å². The lowest BCUT2D eigenvalue weighted by molar-refractivity contribution is 0.601. The van der Waals surface area contributed by atoms with E-state index in [0.717, 1.165) is 12.1 Å². The molecular formula is C11H6Cl3FN2O2S. The third-order valence-corrected chi connectivity index (χ3v) is 4.38. The highest BCUT2D eigenvalue weighted by Gasteiger charge is 2.17. The van der Waals surface area contributed by atoms with Crippen LogP contribution in [-0.4, -0.2) is 13.4 Å². The van der Waals surface area contributed by atoms with Gasteiger partial charge >= 0.3 is 0 Å². The Morgan fingerprint density at radius 1 is 1.10 bits per heavy atom. The molecule has 4 nitrogen and oxygen atoms in total. The van der Waals surface area contributed by atoms with Gasteiger partial charge in [-0.2, -0.15) is 0 Å². The van der Waals surface area contributed by atoms with Crippen LogP contribution in [-0.2, 0) is 10.0 Å². The van der Waals surface area contributed by atoms with Crippen LogP contribution >= 0.6 is 34.8 Å². The molecule has 0 unspecified atom stereocenters. The standard InChI is InChI=1S/C11H6Cl3FN2O2S/c12-8-3-6(4-9(13)11(8)15)17-20(18,19)7-1-2-16-10(14)5-7/h1-5,17H. The van der Waals surface area contributed by atoms with Crippen molar-refractivity contribution >= 4 is 50.5 Å². The molecule has 0 amide bonds. The quantitative estimate of drug-likeness (QED) is 0.669. The summed E-state index contributed by atoms with van der Waals surface area (Å²) in [5, 5.41) is -0.547. The van der Waals surface area contributed by atoms with Crippen molar-refractivity contribution < 1.29 is 12.8 Å². The average molecular weight is 356 g/mol. The minimum absolute atomic E-state index is 0.0306. The van der Waals surface area contributed by atoms with E-state index >= 15 is 0 Å². The summed E-state index contributed by atoms with van der Waals surface area (Å²) in [7, 11) is -3.90. The van der Waals surface area contributed by atoms with Crippen molar-refractivity contribution in [3.63, 3.8) is 0 Å². The summed E-state index contributed by atoms with van der Waals surface area (Å²) < 4.78 is 39.6. The molecule has 0 saturated carbocycles. The van der Waals surface area contributed by atoms with Gasteiger partial charge < -0.3 is 0 Å². The number of pyridine rings is 1. The summed E-state index contributed by atoms with van der Waals surface area (Å²) in [5.41, 5.74) is 0.0364. The lowest BCUT2D eigenvalue weighted by atomic mass is 10.3. The Morgan fingerprint density at radius 3 is 2.25 bits per heavy atom. The highest BCUT2D eigenvalue weighted by atomic mass is 35.5. The summed E-state index contributed by atoms with van der Waals surface area (Å²) in [4.78, 5) is 3.59. The van der Waals surface area contributed by atoms with Gasteiger partial charge in [-0.05, 0) is 24.3 Å². The molecule has 0 bridgehead atoms. The molecule has 0 spiro atoms. The molecule has 0 saturated heterocycles. The van der Waals surface area contributed by atoms with Crippen LogP contribution < -0.4 is 4.72 Å². The molecule has 9 heteroatoms. The first-order chi connectivity index (χ1) is 9.29. The van der Waals surface area contributed by atoms with Crippen LogP contribution in [0.2, 0.25) is 15.2 Å². The van der Waals surface area contributed by atoms with Crippen molar-refractivity contribution in [2.24, 2.45) is 0 Å². The summed E-state index contributed by atoms with van der Waals surface area (Å²) in [6.45, 7) is 0. The maximum Gasteiger partial charge on any atom is 0.262 e. The molecule has 0 atom stereocenters. The minimum Gasteiger partial charge on any atom is -0.280 e. The zero-order chi connectivity index (χ0) is 14.9. The Labute approximate surface area is 129 Å². The maximum atomic E-state index is 13.3. The first-order valence-corrected chi connectivity index (χ1v) is 7.70. The van der Waals surface area contributed by atoms with Gasteiger partial charge in [0.25, 0.3) is 10.0 Å². The van der Waals surface area contributed by atoms with E-state index in [2.05, 4.69) is 9.71 Å². The van der Waals surface area contributed by atoms with E-state index in [0.29, 0.717) is 0 Å². The van der Waals surface area contributed by atoms with Crippen molar-refractivity contribution in [3.8, 4) is 0 Å². The van der Waals surface area contributed by atoms with Gasteiger partial charge in [-0.1, -0.05) is 34.8 Å². The largest absolute Gasteiger partial charge is 0.280 e. The van der Waals surface area contributed by atoms with E-state index in [1.54, 1.807) is 0 Å². The second kappa shape index (κ2) is 5.73. The van der Waals surface area contributed by atoms with Crippen LogP contribution in [0.5, 0.6) is 0 Å². The number of benzene rings is 1. The molecule has 0 aliphatic carbocycles. The molecule has 106 valence electrons. The molecule has 1 aromatic carbocycles. The number of halogens is 4. The summed E-state index contributed by atoms with van der Waals surface area (Å²) >= 11 is 16.8. The fourth-order valence-corrected chi connectivity index (χ4v) is 3.16. The summed E-state index contributed by atoms with van der Waals surface area (Å²) in [5.74, 6) is -0.816. The van der Waals surface area contributed by atoms with Gasteiger partial charge in [0, 0.05) is 6.20 Å². The second-order valence-corrected chi connectivity index (χ2v) is 6.56. The number of sulfonamides is 1. The van der Waals surface area contributed by atoms with Gasteiger partial charge in [0.1, 0.15) is 5.15 Å². The summed E-state index contributed by atoms with van der Waals surface area (Å²) in [6, 6.07) is 4.67. The molecule has 2 rings (SSSR count). The second-order valence-electron chi connectivity index (χ2n) is 3.67. The number of anilines is 1. The van der Waals surface area contributed by atoms with Crippen LogP contribution in [0.3, 0.4) is 0 Å². The zero-order valence-corrected chi connectivity index (χ0v) is 12.7. The van der Waals surface area contributed by atoms with Gasteiger partial charge in [-0.25, -0.2) is 17.8 Å². The highest BCUT2D eigenvalue weighted by Crippen LogP contribution is 2.28. The first-order valence-electron chi connectivity index (χ1n) is 5.08. The predicted molar refractivity (Wildman–Crippen MR) is 76.5 cm³/mol. The smallest absolute Gasteiger partial charge is 0.262 e. The molecule has 0 aliphatic heterocycles. The normalized spacial score (nSPS) is 11.4. The van der Waals surface area contributed by atoms with Gasteiger partial charge in [-0.3, -0.25) is 4.72 Å². The van der Waals surface area contributed by atoms with Crippen molar-refractivity contribution in [3.05, 3.63) is 51.5 Å². The Morgan fingerprint density at radius 2 is 1.70 bits per heavy atom. The first kappa shape index (κ1) is 15.3. The molecule has 2 aromatic rings. The van der Waals surface area contributed by atoms with Gasteiger partial charge in [0.2, 0.25) is 0 Å². The van der Waals surface area contributed by atoms with Gasteiger partial charge in [0.05, 0.1) is 20.6 Å². The van der Waals surface area contributed by atoms with E-state index < -0.39 is 15.8 Å². The summed E-state index contributed by atoms with van der Waals surface area (Å²) in [6.07, 6.45) is 1.25. The molecule has 20 heavy (non-hydrogen) atoms. The molecule has 1 heterocycles. The topological polar surface area (TPSA) is 59.1 Å². The number of aromatic nitrogens is 1. The van der Waals surface area contributed by atoms with E-state index in [9.17, 15) is 12.8 Å². The molecule has 0 aliphatic rings. The third kappa shape index (κ3) is 3.32. The molecule has 1 aromatic heterocycles. The highest BCUT2D eigenvalue weighted by molar-refractivity contribution is 7.92. The fourth-order valence-electron chi connectivity index (χ4n) is 1.38. The number of hydrogen-bond acceptors (Lipinski definition) is 3. The van der Waals surface area contributed by atoms with E-state index in [1.165, 1.54) is 18.3 Å². The number of nitrogens with one attached hydrogen (secondary N) is 1. The third-order valence-electron chi connectivity index (χ3n) is 2.24. The molecule has 0 radical (unpaired) electrons. The number of rotatable bonds is 3. The van der Waals surface area contributed by atoms with Gasteiger partial charge in [-0.15, -0.1) is 0 Å². The number of nitrogens with zero attached hydrogens (tertiary/aromatic N) is 1. The zero-order valence-electron chi connectivity index (χ0n) is 9.57. The van der Waals surface area contributed by atoms with Crippen LogP contribution in [0, 0.1) is 5.82 Å². The minimum atomic E-state index is -3.90. The Bertz CT molecular complexity index is 745. The van der Waals surface area contributed by atoms with Gasteiger partial charge in [0.15, 0.2) is 5.82 Å². The van der Waals surface area contributed by atoms with Crippen LogP contribution in [0.25, 0.3) is 0 Å². The number of hydrogen-bond donors (Lipinski definition) is 1. The average Bonchev–Trinajstić information content (AvgIpc) is 2.35. The molecule has 0 fully saturated rings.